The molecule has 10 heteroatoms. The Kier molecular flexibility index (Phi) is 7.30. The Hall–Kier alpha value is -2.49. The average molecular weight is 466 g/mol. The zero-order chi connectivity index (χ0) is 22.6. The minimum atomic E-state index is -3.94. The van der Waals surface area contributed by atoms with Crippen molar-refractivity contribution in [2.24, 2.45) is 5.92 Å². The molecule has 1 aliphatic carbocycles. The van der Waals surface area contributed by atoms with Crippen molar-refractivity contribution in [2.45, 2.75) is 49.6 Å². The van der Waals surface area contributed by atoms with E-state index in [1.165, 1.54) is 12.1 Å². The van der Waals surface area contributed by atoms with Crippen LogP contribution in [0.1, 0.15) is 44.2 Å². The summed E-state index contributed by atoms with van der Waals surface area (Å²) >= 11 is 5.76. The number of sulfonamides is 1. The molecule has 0 aliphatic heterocycles. The molecule has 0 unspecified atom stereocenters. The second-order valence-electron chi connectivity index (χ2n) is 7.68. The van der Waals surface area contributed by atoms with Crippen LogP contribution in [0.4, 0.5) is 5.69 Å². The normalized spacial score (nSPS) is 20.1. The summed E-state index contributed by atoms with van der Waals surface area (Å²) in [5.74, 6) is -0.213. The van der Waals surface area contributed by atoms with E-state index in [4.69, 9.17) is 11.6 Å². The van der Waals surface area contributed by atoms with Crippen molar-refractivity contribution >= 4 is 33.2 Å². The monoisotopic (exact) mass is 465 g/mol. The first-order valence-electron chi connectivity index (χ1n) is 9.99. The van der Waals surface area contributed by atoms with Crippen LogP contribution < -0.4 is 10.0 Å². The van der Waals surface area contributed by atoms with Gasteiger partial charge in [0.1, 0.15) is 5.02 Å². The molecule has 0 bridgehead atoms. The first-order chi connectivity index (χ1) is 14.7. The van der Waals surface area contributed by atoms with Gasteiger partial charge in [0.25, 0.3) is 5.69 Å². The molecule has 1 fully saturated rings. The Labute approximate surface area is 186 Å². The van der Waals surface area contributed by atoms with Gasteiger partial charge < -0.3 is 5.32 Å². The molecule has 1 saturated carbocycles. The maximum absolute atomic E-state index is 12.6. The topological polar surface area (TPSA) is 118 Å². The molecule has 2 aromatic rings. The summed E-state index contributed by atoms with van der Waals surface area (Å²) in [4.78, 5) is 22.7. The van der Waals surface area contributed by atoms with E-state index in [-0.39, 0.29) is 33.8 Å². The first kappa shape index (κ1) is 23.2. The number of nitrogens with zero attached hydrogens (tertiary/aromatic N) is 1. The van der Waals surface area contributed by atoms with E-state index >= 15 is 0 Å². The van der Waals surface area contributed by atoms with Gasteiger partial charge in [-0.15, -0.1) is 0 Å². The van der Waals surface area contributed by atoms with Gasteiger partial charge in [0.05, 0.1) is 15.9 Å². The van der Waals surface area contributed by atoms with Gasteiger partial charge in [0.2, 0.25) is 15.9 Å². The van der Waals surface area contributed by atoms with Crippen molar-refractivity contribution in [1.82, 2.24) is 10.0 Å². The van der Waals surface area contributed by atoms with Gasteiger partial charge in [-0.1, -0.05) is 41.9 Å². The van der Waals surface area contributed by atoms with Gasteiger partial charge in [-0.3, -0.25) is 14.9 Å². The van der Waals surface area contributed by atoms with Gasteiger partial charge in [-0.25, -0.2) is 13.1 Å². The molecule has 3 rings (SSSR count). The highest BCUT2D eigenvalue weighted by Crippen LogP contribution is 2.29. The Morgan fingerprint density at radius 1 is 1.13 bits per heavy atom. The predicted molar refractivity (Wildman–Crippen MR) is 117 cm³/mol. The average Bonchev–Trinajstić information content (AvgIpc) is 2.74. The Morgan fingerprint density at radius 2 is 1.77 bits per heavy atom. The number of hydrogen-bond donors (Lipinski definition) is 2. The number of carbonyl (C=O) groups is 1. The fraction of sp³-hybridized carbons (Fsp3) is 0.381. The molecule has 1 aliphatic rings. The fourth-order valence-corrected chi connectivity index (χ4v) is 5.23. The summed E-state index contributed by atoms with van der Waals surface area (Å²) in [7, 11) is -3.94. The zero-order valence-corrected chi connectivity index (χ0v) is 18.5. The number of nitrogens with one attached hydrogen (secondary N) is 2. The van der Waals surface area contributed by atoms with Crippen LogP contribution in [0.2, 0.25) is 5.02 Å². The highest BCUT2D eigenvalue weighted by Gasteiger charge is 2.30. The maximum atomic E-state index is 12.6. The van der Waals surface area contributed by atoms with E-state index in [9.17, 15) is 23.3 Å². The molecule has 2 N–H and O–H groups in total. The van der Waals surface area contributed by atoms with Crippen LogP contribution in [-0.2, 0) is 14.8 Å². The van der Waals surface area contributed by atoms with Crippen LogP contribution in [-0.4, -0.2) is 25.3 Å². The third-order valence-electron chi connectivity index (χ3n) is 5.50. The second-order valence-corrected chi connectivity index (χ2v) is 9.80. The maximum Gasteiger partial charge on any atom is 0.289 e. The number of nitro groups is 1. The summed E-state index contributed by atoms with van der Waals surface area (Å²) in [6, 6.07) is 12.6. The number of carbonyl (C=O) groups excluding carboxylic acids is 1. The fourth-order valence-electron chi connectivity index (χ4n) is 3.72. The Balaban J connectivity index is 1.56. The van der Waals surface area contributed by atoms with Gasteiger partial charge in [0, 0.05) is 18.0 Å². The third-order valence-corrected chi connectivity index (χ3v) is 7.34. The van der Waals surface area contributed by atoms with Gasteiger partial charge in [-0.2, -0.15) is 0 Å². The van der Waals surface area contributed by atoms with Crippen LogP contribution >= 0.6 is 11.6 Å². The highest BCUT2D eigenvalue weighted by atomic mass is 35.5. The lowest BCUT2D eigenvalue weighted by Crippen LogP contribution is -2.41. The lowest BCUT2D eigenvalue weighted by molar-refractivity contribution is -0.384. The van der Waals surface area contributed by atoms with Crippen LogP contribution in [0, 0.1) is 16.0 Å². The molecule has 0 spiro atoms. The lowest BCUT2D eigenvalue weighted by atomic mass is 9.85. The quantitative estimate of drug-likeness (QED) is 0.473. The van der Waals surface area contributed by atoms with Crippen LogP contribution in [0.15, 0.2) is 53.4 Å². The Morgan fingerprint density at radius 3 is 2.39 bits per heavy atom. The van der Waals surface area contributed by atoms with E-state index in [0.29, 0.717) is 25.7 Å². The summed E-state index contributed by atoms with van der Waals surface area (Å²) < 4.78 is 27.9. The minimum Gasteiger partial charge on any atom is -0.349 e. The molecule has 0 radical (unpaired) electrons. The van der Waals surface area contributed by atoms with Gasteiger partial charge in [0.15, 0.2) is 0 Å². The highest BCUT2D eigenvalue weighted by molar-refractivity contribution is 7.89. The molecule has 0 heterocycles. The van der Waals surface area contributed by atoms with Crippen LogP contribution in [0.5, 0.6) is 0 Å². The number of halogens is 1. The molecule has 166 valence electrons. The number of nitro benzene ring substituents is 1. The molecular formula is C21H24ClN3O5S. The lowest BCUT2D eigenvalue weighted by Gasteiger charge is -2.29. The molecule has 1 amide bonds. The van der Waals surface area contributed by atoms with Crippen LogP contribution in [0.3, 0.4) is 0 Å². The minimum absolute atomic E-state index is 0.0361. The van der Waals surface area contributed by atoms with E-state index in [1.54, 1.807) is 0 Å². The molecule has 0 saturated heterocycles. The van der Waals surface area contributed by atoms with E-state index in [2.05, 4.69) is 10.0 Å². The number of benzene rings is 2. The molecule has 8 nitrogen and oxygen atoms in total. The Bertz CT molecular complexity index is 1050. The van der Waals surface area contributed by atoms with Crippen molar-refractivity contribution in [3.05, 3.63) is 69.2 Å². The first-order valence-corrected chi connectivity index (χ1v) is 11.8. The molecule has 0 aromatic heterocycles. The van der Waals surface area contributed by atoms with E-state index in [0.717, 1.165) is 11.6 Å². The van der Waals surface area contributed by atoms with Crippen molar-refractivity contribution in [3.63, 3.8) is 0 Å². The largest absolute Gasteiger partial charge is 0.349 e. The smallest absolute Gasteiger partial charge is 0.289 e. The number of rotatable bonds is 7. The predicted octanol–water partition coefficient (Wildman–Crippen LogP) is 3.96. The molecular weight excluding hydrogens is 442 g/mol. The third kappa shape index (κ3) is 5.81. The summed E-state index contributed by atoms with van der Waals surface area (Å²) in [5, 5.41) is 13.9. The zero-order valence-electron chi connectivity index (χ0n) is 17.0. The van der Waals surface area contributed by atoms with Gasteiger partial charge >= 0.3 is 0 Å². The van der Waals surface area contributed by atoms with Crippen LogP contribution in [0.25, 0.3) is 0 Å². The number of hydrogen-bond acceptors (Lipinski definition) is 5. The summed E-state index contributed by atoms with van der Waals surface area (Å²) in [6.45, 7) is 1.93. The number of amides is 1. The van der Waals surface area contributed by atoms with Crippen molar-refractivity contribution in [3.8, 4) is 0 Å². The molecule has 2 aromatic carbocycles. The van der Waals surface area contributed by atoms with Crippen molar-refractivity contribution in [1.29, 1.82) is 0 Å². The van der Waals surface area contributed by atoms with E-state index in [1.807, 2.05) is 37.3 Å². The SMILES string of the molecule is C[C@@H](NC(=O)C1CCC(NS(=O)(=O)c2ccc(Cl)c([N+](=O)[O-])c2)CC1)c1ccccc1. The summed E-state index contributed by atoms with van der Waals surface area (Å²) in [5.41, 5.74) is 0.562. The second kappa shape index (κ2) is 9.76. The summed E-state index contributed by atoms with van der Waals surface area (Å²) in [6.07, 6.45) is 2.13. The van der Waals surface area contributed by atoms with Crippen molar-refractivity contribution < 1.29 is 18.1 Å². The molecule has 31 heavy (non-hydrogen) atoms. The van der Waals surface area contributed by atoms with Gasteiger partial charge in [-0.05, 0) is 50.3 Å². The van der Waals surface area contributed by atoms with E-state index < -0.39 is 20.6 Å². The molecule has 1 atom stereocenters. The van der Waals surface area contributed by atoms with Crippen molar-refractivity contribution in [2.75, 3.05) is 0 Å². The standard InChI is InChI=1S/C21H24ClN3O5S/c1-14(15-5-3-2-4-6-15)23-21(26)16-7-9-17(10-8-16)24-31(29,30)18-11-12-19(22)20(13-18)25(27)28/h2-6,11-14,16-17,24H,7-10H2,1H3,(H,23,26)/t14-,16?,17?/m1/s1.